The van der Waals surface area contributed by atoms with Gasteiger partial charge >= 0.3 is 0 Å². The summed E-state index contributed by atoms with van der Waals surface area (Å²) in [5, 5.41) is 3.46. The molecule has 0 fully saturated rings. The number of hydrogen-bond acceptors (Lipinski definition) is 1. The van der Waals surface area contributed by atoms with Crippen molar-refractivity contribution in [2.75, 3.05) is 7.05 Å². The number of hydrogen-bond donors (Lipinski definition) is 1. The van der Waals surface area contributed by atoms with Crippen molar-refractivity contribution in [1.82, 2.24) is 5.32 Å². The molecule has 2 rings (SSSR count). The predicted octanol–water partition coefficient (Wildman–Crippen LogP) is 3.09. The minimum absolute atomic E-state index is 0.351. The fourth-order valence-corrected chi connectivity index (χ4v) is 2.85. The standard InChI is InChI=1S/C14H21N/c1-5-10-6-7-11-9-14(2,3)13(15-4)12(11)8-10/h6-8,13,15H,5,9H2,1-4H3. The minimum atomic E-state index is 0.351. The molecule has 82 valence electrons. The van der Waals surface area contributed by atoms with Crippen LogP contribution in [-0.2, 0) is 12.8 Å². The third-order valence-electron chi connectivity index (χ3n) is 3.65. The van der Waals surface area contributed by atoms with Crippen molar-refractivity contribution in [2.45, 2.75) is 39.7 Å². The van der Waals surface area contributed by atoms with Crippen LogP contribution in [0.1, 0.15) is 43.5 Å². The lowest BCUT2D eigenvalue weighted by Gasteiger charge is -2.27. The lowest BCUT2D eigenvalue weighted by molar-refractivity contribution is 0.283. The molecule has 0 saturated heterocycles. The molecule has 1 aromatic carbocycles. The van der Waals surface area contributed by atoms with Gasteiger partial charge in [0.05, 0.1) is 0 Å². The number of benzene rings is 1. The summed E-state index contributed by atoms with van der Waals surface area (Å²) in [4.78, 5) is 0. The molecule has 1 aliphatic rings. The Morgan fingerprint density at radius 3 is 2.73 bits per heavy atom. The summed E-state index contributed by atoms with van der Waals surface area (Å²) in [5.41, 5.74) is 4.84. The van der Waals surface area contributed by atoms with E-state index in [4.69, 9.17) is 0 Å². The molecule has 0 spiro atoms. The third kappa shape index (κ3) is 1.69. The lowest BCUT2D eigenvalue weighted by Crippen LogP contribution is -2.28. The Morgan fingerprint density at radius 1 is 1.40 bits per heavy atom. The summed E-state index contributed by atoms with van der Waals surface area (Å²) in [5.74, 6) is 0. The van der Waals surface area contributed by atoms with Crippen molar-refractivity contribution in [2.24, 2.45) is 5.41 Å². The van der Waals surface area contributed by atoms with Gasteiger partial charge < -0.3 is 5.32 Å². The summed E-state index contributed by atoms with van der Waals surface area (Å²) < 4.78 is 0. The second-order valence-corrected chi connectivity index (χ2v) is 5.27. The maximum absolute atomic E-state index is 3.46. The average molecular weight is 203 g/mol. The van der Waals surface area contributed by atoms with E-state index in [-0.39, 0.29) is 0 Å². The van der Waals surface area contributed by atoms with Crippen LogP contribution in [0, 0.1) is 5.41 Å². The summed E-state index contributed by atoms with van der Waals surface area (Å²) in [6.45, 7) is 6.91. The highest BCUT2D eigenvalue weighted by Gasteiger charge is 2.37. The summed E-state index contributed by atoms with van der Waals surface area (Å²) in [6.07, 6.45) is 2.32. The van der Waals surface area contributed by atoms with Crippen molar-refractivity contribution in [3.63, 3.8) is 0 Å². The van der Waals surface area contributed by atoms with Crippen LogP contribution in [-0.4, -0.2) is 7.05 Å². The molecule has 0 amide bonds. The van der Waals surface area contributed by atoms with Crippen molar-refractivity contribution in [1.29, 1.82) is 0 Å². The molecule has 0 bridgehead atoms. The first-order valence-corrected chi connectivity index (χ1v) is 5.87. The highest BCUT2D eigenvalue weighted by atomic mass is 14.9. The van der Waals surface area contributed by atoms with E-state index < -0.39 is 0 Å². The van der Waals surface area contributed by atoms with E-state index in [1.165, 1.54) is 23.1 Å². The van der Waals surface area contributed by atoms with Crippen LogP contribution < -0.4 is 5.32 Å². The topological polar surface area (TPSA) is 12.0 Å². The zero-order valence-corrected chi connectivity index (χ0v) is 10.2. The Labute approximate surface area is 92.9 Å². The molecule has 1 aliphatic carbocycles. The molecule has 0 radical (unpaired) electrons. The number of rotatable bonds is 2. The van der Waals surface area contributed by atoms with Gasteiger partial charge in [0.15, 0.2) is 0 Å². The van der Waals surface area contributed by atoms with Crippen LogP contribution >= 0.6 is 0 Å². The number of fused-ring (bicyclic) bond motifs is 1. The molecule has 0 aromatic heterocycles. The zero-order chi connectivity index (χ0) is 11.1. The molecule has 1 N–H and O–H groups in total. The Morgan fingerprint density at radius 2 is 2.13 bits per heavy atom. The molecular weight excluding hydrogens is 182 g/mol. The largest absolute Gasteiger partial charge is 0.313 e. The van der Waals surface area contributed by atoms with Gasteiger partial charge in [-0.25, -0.2) is 0 Å². The fraction of sp³-hybridized carbons (Fsp3) is 0.571. The van der Waals surface area contributed by atoms with Crippen LogP contribution in [0.15, 0.2) is 18.2 Å². The minimum Gasteiger partial charge on any atom is -0.313 e. The Balaban J connectivity index is 2.45. The van der Waals surface area contributed by atoms with Crippen LogP contribution in [0.2, 0.25) is 0 Å². The van der Waals surface area contributed by atoms with Gasteiger partial charge in [-0.2, -0.15) is 0 Å². The van der Waals surface area contributed by atoms with Crippen molar-refractivity contribution >= 4 is 0 Å². The molecule has 1 atom stereocenters. The molecule has 15 heavy (non-hydrogen) atoms. The van der Waals surface area contributed by atoms with Gasteiger partial charge in [-0.1, -0.05) is 39.0 Å². The molecular formula is C14H21N. The predicted molar refractivity (Wildman–Crippen MR) is 65.1 cm³/mol. The van der Waals surface area contributed by atoms with Gasteiger partial charge in [0, 0.05) is 6.04 Å². The monoisotopic (exact) mass is 203 g/mol. The smallest absolute Gasteiger partial charge is 0.0375 e. The van der Waals surface area contributed by atoms with Crippen molar-refractivity contribution in [3.8, 4) is 0 Å². The lowest BCUT2D eigenvalue weighted by atomic mass is 9.85. The van der Waals surface area contributed by atoms with E-state index in [0.717, 1.165) is 6.42 Å². The van der Waals surface area contributed by atoms with Crippen molar-refractivity contribution in [3.05, 3.63) is 34.9 Å². The zero-order valence-electron chi connectivity index (χ0n) is 10.2. The van der Waals surface area contributed by atoms with Gasteiger partial charge in [0.25, 0.3) is 0 Å². The maximum Gasteiger partial charge on any atom is 0.0375 e. The molecule has 1 unspecified atom stereocenters. The third-order valence-corrected chi connectivity index (χ3v) is 3.65. The fourth-order valence-electron chi connectivity index (χ4n) is 2.85. The first-order chi connectivity index (χ1) is 7.08. The molecule has 1 nitrogen and oxygen atoms in total. The van der Waals surface area contributed by atoms with Gasteiger partial charge in [-0.15, -0.1) is 0 Å². The Kier molecular flexibility index (Phi) is 2.59. The van der Waals surface area contributed by atoms with Gasteiger partial charge in [-0.05, 0) is 42.0 Å². The van der Waals surface area contributed by atoms with Crippen molar-refractivity contribution < 1.29 is 0 Å². The van der Waals surface area contributed by atoms with Crippen LogP contribution in [0.4, 0.5) is 0 Å². The van der Waals surface area contributed by atoms with Crippen LogP contribution in [0.3, 0.4) is 0 Å². The average Bonchev–Trinajstić information content (AvgIpc) is 2.46. The van der Waals surface area contributed by atoms with E-state index in [1.54, 1.807) is 0 Å². The highest BCUT2D eigenvalue weighted by Crippen LogP contribution is 2.45. The molecule has 0 heterocycles. The first-order valence-electron chi connectivity index (χ1n) is 5.87. The molecule has 1 aromatic rings. The van der Waals surface area contributed by atoms with E-state index >= 15 is 0 Å². The first kappa shape index (κ1) is 10.7. The van der Waals surface area contributed by atoms with Gasteiger partial charge in [-0.3, -0.25) is 0 Å². The molecule has 0 aliphatic heterocycles. The van der Waals surface area contributed by atoms with E-state index in [9.17, 15) is 0 Å². The summed E-state index contributed by atoms with van der Waals surface area (Å²) >= 11 is 0. The van der Waals surface area contributed by atoms with Crippen LogP contribution in [0.25, 0.3) is 0 Å². The summed E-state index contributed by atoms with van der Waals surface area (Å²) in [7, 11) is 2.07. The summed E-state index contributed by atoms with van der Waals surface area (Å²) in [6, 6.07) is 7.48. The number of nitrogens with one attached hydrogen (secondary N) is 1. The van der Waals surface area contributed by atoms with E-state index in [1.807, 2.05) is 0 Å². The van der Waals surface area contributed by atoms with Crippen LogP contribution in [0.5, 0.6) is 0 Å². The molecule has 1 heteroatoms. The number of aryl methyl sites for hydroxylation is 1. The molecule has 0 saturated carbocycles. The van der Waals surface area contributed by atoms with Gasteiger partial charge in [0.2, 0.25) is 0 Å². The Bertz CT molecular complexity index is 366. The quantitative estimate of drug-likeness (QED) is 0.779. The second-order valence-electron chi connectivity index (χ2n) is 5.27. The highest BCUT2D eigenvalue weighted by molar-refractivity contribution is 5.40. The van der Waals surface area contributed by atoms with E-state index in [2.05, 4.69) is 51.3 Å². The maximum atomic E-state index is 3.46. The Hall–Kier alpha value is -0.820. The van der Waals surface area contributed by atoms with E-state index in [0.29, 0.717) is 11.5 Å². The normalized spacial score (nSPS) is 22.8. The SMILES string of the molecule is CCc1ccc2c(c1)C(NC)C(C)(C)C2. The second kappa shape index (κ2) is 3.64. The van der Waals surface area contributed by atoms with Gasteiger partial charge in [0.1, 0.15) is 0 Å².